The molecule has 0 saturated heterocycles. The largest absolute Gasteiger partial charge is 0.550 e. The number of carbonyl (C=O) groups is 1. The highest BCUT2D eigenvalue weighted by molar-refractivity contribution is 5.73. The summed E-state index contributed by atoms with van der Waals surface area (Å²) in [6.45, 7) is 7.94. The average Bonchev–Trinajstić information content (AvgIpc) is 2.31. The Balaban J connectivity index is 2.77. The van der Waals surface area contributed by atoms with Crippen molar-refractivity contribution in [3.05, 3.63) is 12.2 Å². The van der Waals surface area contributed by atoms with Gasteiger partial charge in [0.05, 0.1) is 0 Å². The van der Waals surface area contributed by atoms with Gasteiger partial charge in [-0.1, -0.05) is 26.0 Å². The van der Waals surface area contributed by atoms with Crippen LogP contribution in [-0.4, -0.2) is 5.97 Å². The Morgan fingerprint density at radius 3 is 2.62 bits per heavy atom. The van der Waals surface area contributed by atoms with Crippen molar-refractivity contribution in [2.45, 2.75) is 39.5 Å². The van der Waals surface area contributed by atoms with Crippen molar-refractivity contribution in [1.29, 1.82) is 0 Å². The molecule has 0 bridgehead atoms. The number of allylic oxidation sites excluding steroid dienone is 1. The standard InChI is InChI=1S/C11H18O2/c1-8(2)6-11(10(12)13)5-4-9(3)7-11/h8H,3-7H2,1-2H3,(H,12,13)/p-1. The second-order valence-corrected chi connectivity index (χ2v) is 4.59. The van der Waals surface area contributed by atoms with Crippen LogP contribution >= 0.6 is 0 Å². The van der Waals surface area contributed by atoms with Crippen molar-refractivity contribution in [2.75, 3.05) is 0 Å². The smallest absolute Gasteiger partial charge is 0.0479 e. The van der Waals surface area contributed by atoms with Gasteiger partial charge in [0, 0.05) is 11.4 Å². The van der Waals surface area contributed by atoms with Crippen molar-refractivity contribution < 1.29 is 9.90 Å². The third-order valence-corrected chi connectivity index (χ3v) is 2.78. The molecule has 13 heavy (non-hydrogen) atoms. The highest BCUT2D eigenvalue weighted by Gasteiger charge is 2.37. The minimum Gasteiger partial charge on any atom is -0.550 e. The maximum atomic E-state index is 11.1. The van der Waals surface area contributed by atoms with Gasteiger partial charge in [0.25, 0.3) is 0 Å². The van der Waals surface area contributed by atoms with E-state index in [0.29, 0.717) is 25.2 Å². The molecule has 0 aliphatic heterocycles. The zero-order valence-electron chi connectivity index (χ0n) is 8.43. The van der Waals surface area contributed by atoms with Gasteiger partial charge in [0.15, 0.2) is 0 Å². The van der Waals surface area contributed by atoms with Crippen molar-refractivity contribution in [3.63, 3.8) is 0 Å². The molecule has 0 heterocycles. The molecule has 0 aromatic carbocycles. The zero-order chi connectivity index (χ0) is 10.1. The molecule has 1 aliphatic rings. The fourth-order valence-corrected chi connectivity index (χ4v) is 2.28. The first-order valence-electron chi connectivity index (χ1n) is 4.84. The van der Waals surface area contributed by atoms with Crippen LogP contribution in [0.25, 0.3) is 0 Å². The monoisotopic (exact) mass is 181 g/mol. The Kier molecular flexibility index (Phi) is 2.79. The Bertz CT molecular complexity index is 230. The average molecular weight is 181 g/mol. The van der Waals surface area contributed by atoms with Crippen LogP contribution in [0.5, 0.6) is 0 Å². The van der Waals surface area contributed by atoms with Crippen LogP contribution in [0.4, 0.5) is 0 Å². The van der Waals surface area contributed by atoms with E-state index in [-0.39, 0.29) is 0 Å². The molecule has 74 valence electrons. The van der Waals surface area contributed by atoms with Crippen LogP contribution in [-0.2, 0) is 4.79 Å². The van der Waals surface area contributed by atoms with Gasteiger partial charge in [0.2, 0.25) is 0 Å². The van der Waals surface area contributed by atoms with Gasteiger partial charge in [-0.25, -0.2) is 0 Å². The van der Waals surface area contributed by atoms with Gasteiger partial charge in [-0.2, -0.15) is 0 Å². The van der Waals surface area contributed by atoms with Crippen molar-refractivity contribution in [2.24, 2.45) is 11.3 Å². The number of carbonyl (C=O) groups excluding carboxylic acids is 1. The van der Waals surface area contributed by atoms with E-state index in [2.05, 4.69) is 6.58 Å². The fourth-order valence-electron chi connectivity index (χ4n) is 2.28. The van der Waals surface area contributed by atoms with Gasteiger partial charge < -0.3 is 9.90 Å². The molecule has 1 unspecified atom stereocenters. The first-order chi connectivity index (χ1) is 5.96. The fraction of sp³-hybridized carbons (Fsp3) is 0.727. The van der Waals surface area contributed by atoms with E-state index in [1.165, 1.54) is 0 Å². The lowest BCUT2D eigenvalue weighted by Gasteiger charge is -2.31. The molecule has 0 aromatic rings. The molecule has 1 fully saturated rings. The summed E-state index contributed by atoms with van der Waals surface area (Å²) in [5.74, 6) is -0.483. The van der Waals surface area contributed by atoms with Gasteiger partial charge in [-0.15, -0.1) is 0 Å². The molecule has 0 spiro atoms. The predicted molar refractivity (Wildman–Crippen MR) is 49.9 cm³/mol. The molecule has 1 atom stereocenters. The molecule has 0 N–H and O–H groups in total. The minimum absolute atomic E-state index is 0.406. The summed E-state index contributed by atoms with van der Waals surface area (Å²) in [7, 11) is 0. The topological polar surface area (TPSA) is 40.1 Å². The van der Waals surface area contributed by atoms with Gasteiger partial charge in [-0.3, -0.25) is 0 Å². The van der Waals surface area contributed by atoms with E-state index in [1.807, 2.05) is 13.8 Å². The summed E-state index contributed by atoms with van der Waals surface area (Å²) in [6.07, 6.45) is 2.90. The first-order valence-corrected chi connectivity index (χ1v) is 4.84. The highest BCUT2D eigenvalue weighted by atomic mass is 16.4. The molecular formula is C11H17O2-. The Hall–Kier alpha value is -0.790. The summed E-state index contributed by atoms with van der Waals surface area (Å²) in [5, 5.41) is 11.1. The molecule has 1 rings (SSSR count). The molecule has 2 nitrogen and oxygen atoms in total. The van der Waals surface area contributed by atoms with Crippen LogP contribution in [0.3, 0.4) is 0 Å². The highest BCUT2D eigenvalue weighted by Crippen LogP contribution is 2.44. The summed E-state index contributed by atoms with van der Waals surface area (Å²) in [5.41, 5.74) is 0.454. The lowest BCUT2D eigenvalue weighted by atomic mass is 9.78. The number of hydrogen-bond acceptors (Lipinski definition) is 2. The maximum Gasteiger partial charge on any atom is 0.0479 e. The number of aliphatic carboxylic acids is 1. The third kappa shape index (κ3) is 2.11. The van der Waals surface area contributed by atoms with E-state index in [0.717, 1.165) is 12.0 Å². The number of carboxylic acids is 1. The quantitative estimate of drug-likeness (QED) is 0.619. The molecule has 2 heteroatoms. The Morgan fingerprint density at radius 2 is 2.31 bits per heavy atom. The first kappa shape index (κ1) is 10.3. The van der Waals surface area contributed by atoms with Crippen LogP contribution < -0.4 is 5.11 Å². The van der Waals surface area contributed by atoms with Crippen molar-refractivity contribution >= 4 is 5.97 Å². The van der Waals surface area contributed by atoms with E-state index >= 15 is 0 Å². The SMILES string of the molecule is C=C1CCC(CC(C)C)(C(=O)[O-])C1. The second kappa shape index (κ2) is 3.52. The summed E-state index contributed by atoms with van der Waals surface area (Å²) < 4.78 is 0. The van der Waals surface area contributed by atoms with Gasteiger partial charge >= 0.3 is 0 Å². The zero-order valence-corrected chi connectivity index (χ0v) is 8.43. The summed E-state index contributed by atoms with van der Waals surface area (Å²) in [4.78, 5) is 11.1. The molecule has 0 aromatic heterocycles. The lowest BCUT2D eigenvalue weighted by Crippen LogP contribution is -2.41. The van der Waals surface area contributed by atoms with Crippen LogP contribution in [0.15, 0.2) is 12.2 Å². The van der Waals surface area contributed by atoms with E-state index in [4.69, 9.17) is 0 Å². The number of carboxylic acid groups (broad SMARTS) is 1. The summed E-state index contributed by atoms with van der Waals surface area (Å²) in [6, 6.07) is 0. The predicted octanol–water partition coefficient (Wildman–Crippen LogP) is 1.51. The maximum absolute atomic E-state index is 11.1. The normalized spacial score (nSPS) is 28.4. The van der Waals surface area contributed by atoms with E-state index in [9.17, 15) is 9.90 Å². The van der Waals surface area contributed by atoms with Gasteiger partial charge in [-0.05, 0) is 31.6 Å². The van der Waals surface area contributed by atoms with E-state index < -0.39 is 11.4 Å². The molecule has 0 radical (unpaired) electrons. The van der Waals surface area contributed by atoms with Crippen molar-refractivity contribution in [1.82, 2.24) is 0 Å². The van der Waals surface area contributed by atoms with Crippen molar-refractivity contribution in [3.8, 4) is 0 Å². The van der Waals surface area contributed by atoms with Crippen LogP contribution in [0, 0.1) is 11.3 Å². The van der Waals surface area contributed by atoms with Crippen LogP contribution in [0.1, 0.15) is 39.5 Å². The number of rotatable bonds is 3. The van der Waals surface area contributed by atoms with Crippen LogP contribution in [0.2, 0.25) is 0 Å². The Morgan fingerprint density at radius 1 is 1.69 bits per heavy atom. The minimum atomic E-state index is -0.889. The van der Waals surface area contributed by atoms with E-state index in [1.54, 1.807) is 0 Å². The third-order valence-electron chi connectivity index (χ3n) is 2.78. The summed E-state index contributed by atoms with van der Waals surface area (Å²) >= 11 is 0. The molecular weight excluding hydrogens is 164 g/mol. The second-order valence-electron chi connectivity index (χ2n) is 4.59. The molecule has 0 amide bonds. The lowest BCUT2D eigenvalue weighted by molar-refractivity contribution is -0.319. The molecule has 1 saturated carbocycles. The Labute approximate surface area is 79.6 Å². The number of hydrogen-bond donors (Lipinski definition) is 0. The van der Waals surface area contributed by atoms with Gasteiger partial charge in [0.1, 0.15) is 0 Å². The molecule has 1 aliphatic carbocycles.